The second-order valence-corrected chi connectivity index (χ2v) is 10.0. The van der Waals surface area contributed by atoms with Crippen LogP contribution in [0.2, 0.25) is 0 Å². The monoisotopic (exact) mass is 426 g/mol. The van der Waals surface area contributed by atoms with Crippen LogP contribution in [-0.2, 0) is 9.59 Å². The second kappa shape index (κ2) is 9.18. The molecule has 170 valence electrons. The average Bonchev–Trinajstić information content (AvgIpc) is 2.68. The molecule has 0 N–H and O–H groups in total. The van der Waals surface area contributed by atoms with E-state index in [0.717, 1.165) is 34.4 Å². The minimum absolute atomic E-state index is 0.138. The topological polar surface area (TPSA) is 52.6 Å². The molecule has 0 bridgehead atoms. The molecule has 0 aromatic heterocycles. The van der Waals surface area contributed by atoms with E-state index in [-0.39, 0.29) is 17.7 Å². The van der Waals surface area contributed by atoms with Gasteiger partial charge in [0.05, 0.1) is 5.56 Å². The summed E-state index contributed by atoms with van der Waals surface area (Å²) in [5, 5.41) is 0. The maximum absolute atomic E-state index is 12.9. The van der Waals surface area contributed by atoms with Gasteiger partial charge >= 0.3 is 5.97 Å². The first-order valence-electron chi connectivity index (χ1n) is 11.9. The van der Waals surface area contributed by atoms with Crippen molar-refractivity contribution in [2.45, 2.75) is 98.5 Å². The van der Waals surface area contributed by atoms with Gasteiger partial charge in [-0.15, -0.1) is 0 Å². The SMILES string of the molecule is CCCCCC(C)C(C)c1cc(OC(C)=O)c2c(c1)OC(C)(C)C1=C2C(C)CCC1=O. The molecule has 0 saturated carbocycles. The molecule has 1 aliphatic heterocycles. The highest BCUT2D eigenvalue weighted by Crippen LogP contribution is 2.52. The number of rotatable bonds is 7. The van der Waals surface area contributed by atoms with Crippen molar-refractivity contribution in [3.8, 4) is 11.5 Å². The average molecular weight is 427 g/mol. The quantitative estimate of drug-likeness (QED) is 0.272. The van der Waals surface area contributed by atoms with Crippen molar-refractivity contribution in [1.29, 1.82) is 0 Å². The van der Waals surface area contributed by atoms with Crippen LogP contribution in [0.5, 0.6) is 11.5 Å². The summed E-state index contributed by atoms with van der Waals surface area (Å²) in [5.41, 5.74) is 2.94. The Kier molecular flexibility index (Phi) is 6.98. The first kappa shape index (κ1) is 23.6. The molecule has 0 amide bonds. The van der Waals surface area contributed by atoms with Crippen molar-refractivity contribution in [2.75, 3.05) is 0 Å². The molecule has 3 rings (SSSR count). The van der Waals surface area contributed by atoms with Gasteiger partial charge in [0.25, 0.3) is 0 Å². The van der Waals surface area contributed by atoms with Gasteiger partial charge in [0.15, 0.2) is 5.78 Å². The molecule has 4 nitrogen and oxygen atoms in total. The molecule has 3 atom stereocenters. The van der Waals surface area contributed by atoms with Crippen LogP contribution in [-0.4, -0.2) is 17.4 Å². The van der Waals surface area contributed by atoms with Gasteiger partial charge in [-0.2, -0.15) is 0 Å². The van der Waals surface area contributed by atoms with E-state index in [1.54, 1.807) is 0 Å². The molecule has 1 aromatic carbocycles. The Morgan fingerprint density at radius 2 is 1.97 bits per heavy atom. The number of Topliss-reactive ketones (excluding diaryl/α,β-unsaturated/α-hetero) is 1. The molecule has 1 aromatic rings. The van der Waals surface area contributed by atoms with Crippen LogP contribution in [0, 0.1) is 11.8 Å². The molecule has 31 heavy (non-hydrogen) atoms. The Balaban J connectivity index is 2.12. The smallest absolute Gasteiger partial charge is 0.308 e. The number of ketones is 1. The van der Waals surface area contributed by atoms with Crippen molar-refractivity contribution in [3.63, 3.8) is 0 Å². The van der Waals surface area contributed by atoms with Crippen LogP contribution in [0.15, 0.2) is 17.7 Å². The van der Waals surface area contributed by atoms with E-state index in [4.69, 9.17) is 9.47 Å². The number of ether oxygens (including phenoxy) is 2. The molecule has 0 fully saturated rings. The minimum atomic E-state index is -0.698. The van der Waals surface area contributed by atoms with Crippen LogP contribution in [0.25, 0.3) is 5.57 Å². The van der Waals surface area contributed by atoms with Crippen LogP contribution >= 0.6 is 0 Å². The lowest BCUT2D eigenvalue weighted by Crippen LogP contribution is -2.41. The van der Waals surface area contributed by atoms with Crippen LogP contribution < -0.4 is 9.47 Å². The van der Waals surface area contributed by atoms with Gasteiger partial charge in [-0.3, -0.25) is 9.59 Å². The molecule has 1 heterocycles. The fourth-order valence-electron chi connectivity index (χ4n) is 5.12. The fourth-order valence-corrected chi connectivity index (χ4v) is 5.12. The third-order valence-electron chi connectivity index (χ3n) is 7.07. The number of allylic oxidation sites excluding steroid dienone is 1. The van der Waals surface area contributed by atoms with E-state index < -0.39 is 5.60 Å². The molecule has 3 unspecified atom stereocenters. The summed E-state index contributed by atoms with van der Waals surface area (Å²) in [7, 11) is 0. The molecular weight excluding hydrogens is 388 g/mol. The van der Waals surface area contributed by atoms with Gasteiger partial charge in [-0.25, -0.2) is 0 Å². The molecule has 0 radical (unpaired) electrons. The van der Waals surface area contributed by atoms with Crippen LogP contribution in [0.3, 0.4) is 0 Å². The summed E-state index contributed by atoms with van der Waals surface area (Å²) in [6.07, 6.45) is 6.20. The summed E-state index contributed by atoms with van der Waals surface area (Å²) in [5.74, 6) is 2.06. The minimum Gasteiger partial charge on any atom is -0.482 e. The zero-order valence-corrected chi connectivity index (χ0v) is 20.3. The normalized spacial score (nSPS) is 21.6. The lowest BCUT2D eigenvalue weighted by molar-refractivity contribution is -0.131. The van der Waals surface area contributed by atoms with Gasteiger partial charge in [0.2, 0.25) is 0 Å². The van der Waals surface area contributed by atoms with Crippen LogP contribution in [0.4, 0.5) is 0 Å². The molecule has 4 heteroatoms. The van der Waals surface area contributed by atoms with E-state index in [1.165, 1.54) is 32.6 Å². The highest BCUT2D eigenvalue weighted by Gasteiger charge is 2.44. The zero-order chi connectivity index (χ0) is 22.9. The standard InChI is InChI=1S/C27H38O4/c1-8-9-10-11-16(2)18(4)20-14-22(30-19(5)28)25-23(15-20)31-27(6,7)26-21(29)13-12-17(3)24(25)26/h14-18H,8-13H2,1-7H3. The summed E-state index contributed by atoms with van der Waals surface area (Å²) in [6.45, 7) is 14.3. The van der Waals surface area contributed by atoms with E-state index in [9.17, 15) is 9.59 Å². The van der Waals surface area contributed by atoms with E-state index in [0.29, 0.717) is 24.0 Å². The number of unbranched alkanes of at least 4 members (excludes halogenated alkanes) is 2. The summed E-state index contributed by atoms with van der Waals surface area (Å²) < 4.78 is 12.1. The van der Waals surface area contributed by atoms with Crippen LogP contribution in [0.1, 0.15) is 104 Å². The van der Waals surface area contributed by atoms with E-state index in [2.05, 4.69) is 33.8 Å². The highest BCUT2D eigenvalue weighted by molar-refractivity contribution is 6.08. The Labute approximate surface area is 187 Å². The zero-order valence-electron chi connectivity index (χ0n) is 20.3. The van der Waals surface area contributed by atoms with Gasteiger partial charge in [-0.05, 0) is 61.3 Å². The predicted molar refractivity (Wildman–Crippen MR) is 125 cm³/mol. The number of fused-ring (bicyclic) bond motifs is 2. The maximum atomic E-state index is 12.9. The molecule has 0 spiro atoms. The van der Waals surface area contributed by atoms with Crippen molar-refractivity contribution < 1.29 is 19.1 Å². The van der Waals surface area contributed by atoms with E-state index in [1.807, 2.05) is 19.9 Å². The van der Waals surface area contributed by atoms with E-state index >= 15 is 0 Å². The largest absolute Gasteiger partial charge is 0.482 e. The maximum Gasteiger partial charge on any atom is 0.308 e. The van der Waals surface area contributed by atoms with Crippen molar-refractivity contribution >= 4 is 17.3 Å². The van der Waals surface area contributed by atoms with Crippen molar-refractivity contribution in [3.05, 3.63) is 28.8 Å². The lowest BCUT2D eigenvalue weighted by Gasteiger charge is -2.41. The number of benzene rings is 1. The van der Waals surface area contributed by atoms with Crippen molar-refractivity contribution in [1.82, 2.24) is 0 Å². The Hall–Kier alpha value is -2.10. The summed E-state index contributed by atoms with van der Waals surface area (Å²) in [6, 6.07) is 4.11. The first-order valence-corrected chi connectivity index (χ1v) is 11.9. The molecule has 1 aliphatic carbocycles. The van der Waals surface area contributed by atoms with Crippen molar-refractivity contribution in [2.24, 2.45) is 11.8 Å². The number of carbonyl (C=O) groups excluding carboxylic acids is 2. The van der Waals surface area contributed by atoms with Gasteiger partial charge < -0.3 is 9.47 Å². The van der Waals surface area contributed by atoms with Gasteiger partial charge in [-0.1, -0.05) is 53.4 Å². The number of hydrogen-bond donors (Lipinski definition) is 0. The highest BCUT2D eigenvalue weighted by atomic mass is 16.5. The van der Waals surface area contributed by atoms with Gasteiger partial charge in [0.1, 0.15) is 17.1 Å². The molecular formula is C27H38O4. The second-order valence-electron chi connectivity index (χ2n) is 10.0. The van der Waals surface area contributed by atoms with Gasteiger partial charge in [0, 0.05) is 18.9 Å². The number of carbonyl (C=O) groups is 2. The first-order chi connectivity index (χ1) is 14.6. The summed E-state index contributed by atoms with van der Waals surface area (Å²) in [4.78, 5) is 24.9. The Bertz CT molecular complexity index is 893. The third-order valence-corrected chi connectivity index (χ3v) is 7.07. The fraction of sp³-hybridized carbons (Fsp3) is 0.630. The predicted octanol–water partition coefficient (Wildman–Crippen LogP) is 6.86. The number of hydrogen-bond acceptors (Lipinski definition) is 4. The molecule has 0 saturated heterocycles. The third kappa shape index (κ3) is 4.73. The summed E-state index contributed by atoms with van der Waals surface area (Å²) >= 11 is 0. The number of esters is 1. The lowest BCUT2D eigenvalue weighted by atomic mass is 9.72. The Morgan fingerprint density at radius 3 is 2.61 bits per heavy atom. The Morgan fingerprint density at radius 1 is 1.26 bits per heavy atom. The molecule has 2 aliphatic rings.